The van der Waals surface area contributed by atoms with Crippen LogP contribution in [0.25, 0.3) is 10.9 Å². The fraction of sp³-hybridized carbons (Fsp3) is 0.158. The number of rotatable bonds is 2. The number of hydrogen-bond acceptors (Lipinski definition) is 4. The van der Waals surface area contributed by atoms with Crippen molar-refractivity contribution < 1.29 is 9.47 Å². The first kappa shape index (κ1) is 14.3. The number of H-pyrrole nitrogens is 1. The average Bonchev–Trinajstić information content (AvgIpc) is 3.09. The monoisotopic (exact) mass is 317 g/mol. The topological polar surface area (TPSA) is 81.9 Å². The van der Waals surface area contributed by atoms with Gasteiger partial charge in [0.1, 0.15) is 11.7 Å². The van der Waals surface area contributed by atoms with E-state index in [0.29, 0.717) is 5.75 Å². The molecule has 24 heavy (non-hydrogen) atoms. The molecule has 0 aliphatic carbocycles. The van der Waals surface area contributed by atoms with Crippen LogP contribution in [0.15, 0.2) is 48.7 Å². The van der Waals surface area contributed by atoms with E-state index in [-0.39, 0.29) is 11.8 Å². The molecule has 0 amide bonds. The molecular weight excluding hydrogens is 302 g/mol. The van der Waals surface area contributed by atoms with Crippen molar-refractivity contribution in [2.24, 2.45) is 5.92 Å². The second-order valence-electron chi connectivity index (χ2n) is 5.75. The largest absolute Gasteiger partial charge is 0.497 e. The fourth-order valence-corrected chi connectivity index (χ4v) is 3.32. The van der Waals surface area contributed by atoms with E-state index in [1.165, 1.54) is 0 Å². The van der Waals surface area contributed by atoms with Gasteiger partial charge in [-0.25, -0.2) is 0 Å². The summed E-state index contributed by atoms with van der Waals surface area (Å²) in [5, 5.41) is 18.8. The molecule has 2 aromatic carbocycles. The molecule has 2 N–H and O–H groups in total. The normalized spacial score (nSPS) is 19.4. The van der Waals surface area contributed by atoms with Gasteiger partial charge in [-0.05, 0) is 23.8 Å². The molecule has 118 valence electrons. The lowest BCUT2D eigenvalue weighted by Crippen LogP contribution is -2.31. The maximum Gasteiger partial charge on any atom is 0.205 e. The number of nitriles is 1. The Bertz CT molecular complexity index is 984. The minimum absolute atomic E-state index is 0.0279. The summed E-state index contributed by atoms with van der Waals surface area (Å²) in [7, 11) is 1.61. The Kier molecular flexibility index (Phi) is 3.24. The standard InChI is InChI=1S/C19H15N3O2/c1-23-13-4-2-3-12(9-13)16-14-6-5-11-7-8-22-17(11)18(14)24-19(21)15(16)10-20/h2-9,15-16,21-22H,1H3. The molecule has 0 saturated carbocycles. The van der Waals surface area contributed by atoms with E-state index in [1.54, 1.807) is 7.11 Å². The maximum absolute atomic E-state index is 9.61. The van der Waals surface area contributed by atoms with Crippen LogP contribution in [0.3, 0.4) is 0 Å². The molecule has 0 bridgehead atoms. The predicted molar refractivity (Wildman–Crippen MR) is 90.6 cm³/mol. The molecule has 1 aliphatic heterocycles. The van der Waals surface area contributed by atoms with Crippen LogP contribution in [0.1, 0.15) is 17.0 Å². The van der Waals surface area contributed by atoms with Gasteiger partial charge in [0.2, 0.25) is 5.90 Å². The van der Waals surface area contributed by atoms with Gasteiger partial charge in [-0.3, -0.25) is 5.41 Å². The zero-order valence-electron chi connectivity index (χ0n) is 13.0. The van der Waals surface area contributed by atoms with E-state index in [4.69, 9.17) is 14.9 Å². The third kappa shape index (κ3) is 2.04. The highest BCUT2D eigenvalue weighted by atomic mass is 16.5. The number of aromatic amines is 1. The van der Waals surface area contributed by atoms with Crippen molar-refractivity contribution in [3.8, 4) is 17.6 Å². The molecule has 0 spiro atoms. The van der Waals surface area contributed by atoms with Crippen LogP contribution in [0.4, 0.5) is 0 Å². The van der Waals surface area contributed by atoms with Crippen molar-refractivity contribution in [1.29, 1.82) is 10.7 Å². The van der Waals surface area contributed by atoms with E-state index in [1.807, 2.05) is 48.7 Å². The lowest BCUT2D eigenvalue weighted by molar-refractivity contribution is 0.412. The third-order valence-electron chi connectivity index (χ3n) is 4.47. The van der Waals surface area contributed by atoms with Gasteiger partial charge in [-0.1, -0.05) is 24.3 Å². The Morgan fingerprint density at radius 2 is 2.12 bits per heavy atom. The number of methoxy groups -OCH3 is 1. The molecule has 5 heteroatoms. The Morgan fingerprint density at radius 3 is 2.92 bits per heavy atom. The van der Waals surface area contributed by atoms with Crippen LogP contribution < -0.4 is 9.47 Å². The van der Waals surface area contributed by atoms with Crippen molar-refractivity contribution in [2.45, 2.75) is 5.92 Å². The van der Waals surface area contributed by atoms with Gasteiger partial charge in [0, 0.05) is 23.1 Å². The number of benzene rings is 2. The second kappa shape index (κ2) is 5.43. The lowest BCUT2D eigenvalue weighted by atomic mass is 9.79. The molecule has 0 saturated heterocycles. The van der Waals surface area contributed by atoms with E-state index >= 15 is 0 Å². The van der Waals surface area contributed by atoms with Crippen LogP contribution in [0, 0.1) is 22.7 Å². The lowest BCUT2D eigenvalue weighted by Gasteiger charge is -2.30. The van der Waals surface area contributed by atoms with Gasteiger partial charge in [0.25, 0.3) is 0 Å². The highest BCUT2D eigenvalue weighted by Crippen LogP contribution is 2.45. The van der Waals surface area contributed by atoms with Crippen molar-refractivity contribution in [1.82, 2.24) is 4.98 Å². The number of fused-ring (bicyclic) bond motifs is 3. The first-order valence-electron chi connectivity index (χ1n) is 7.62. The summed E-state index contributed by atoms with van der Waals surface area (Å²) in [6.07, 6.45) is 1.84. The summed E-state index contributed by atoms with van der Waals surface area (Å²) in [6.45, 7) is 0. The van der Waals surface area contributed by atoms with Crippen LogP contribution >= 0.6 is 0 Å². The number of hydrogen-bond donors (Lipinski definition) is 2. The van der Waals surface area contributed by atoms with E-state index in [9.17, 15) is 5.26 Å². The molecular formula is C19H15N3O2. The van der Waals surface area contributed by atoms with Crippen molar-refractivity contribution in [2.75, 3.05) is 7.11 Å². The summed E-state index contributed by atoms with van der Waals surface area (Å²) in [6, 6.07) is 15.8. The molecule has 4 rings (SSSR count). The summed E-state index contributed by atoms with van der Waals surface area (Å²) in [5.41, 5.74) is 2.68. The predicted octanol–water partition coefficient (Wildman–Crippen LogP) is 3.82. The summed E-state index contributed by atoms with van der Waals surface area (Å²) in [5.74, 6) is 0.387. The first-order chi connectivity index (χ1) is 11.7. The Labute approximate surface area is 139 Å². The molecule has 0 radical (unpaired) electrons. The summed E-state index contributed by atoms with van der Waals surface area (Å²) < 4.78 is 11.0. The number of aromatic nitrogens is 1. The zero-order chi connectivity index (χ0) is 16.7. The molecule has 5 nitrogen and oxygen atoms in total. The number of nitrogens with one attached hydrogen (secondary N) is 2. The number of nitrogens with zero attached hydrogens (tertiary/aromatic N) is 1. The SMILES string of the molecule is COc1cccc(C2c3ccc4cc[nH]c4c3OC(=N)C2C#N)c1. The molecule has 0 fully saturated rings. The third-order valence-corrected chi connectivity index (χ3v) is 4.47. The van der Waals surface area contributed by atoms with E-state index in [0.717, 1.165) is 27.8 Å². The highest BCUT2D eigenvalue weighted by Gasteiger charge is 2.38. The average molecular weight is 317 g/mol. The van der Waals surface area contributed by atoms with Crippen LogP contribution in [0.2, 0.25) is 0 Å². The molecule has 3 aromatic rings. The molecule has 1 aliphatic rings. The molecule has 2 unspecified atom stereocenters. The first-order valence-corrected chi connectivity index (χ1v) is 7.62. The Morgan fingerprint density at radius 1 is 1.25 bits per heavy atom. The second-order valence-corrected chi connectivity index (χ2v) is 5.75. The fourth-order valence-electron chi connectivity index (χ4n) is 3.32. The van der Waals surface area contributed by atoms with Gasteiger partial charge in [-0.15, -0.1) is 0 Å². The summed E-state index contributed by atoms with van der Waals surface area (Å²) >= 11 is 0. The van der Waals surface area contributed by atoms with E-state index < -0.39 is 5.92 Å². The highest BCUT2D eigenvalue weighted by molar-refractivity contribution is 5.94. The minimum Gasteiger partial charge on any atom is -0.497 e. The van der Waals surface area contributed by atoms with Gasteiger partial charge < -0.3 is 14.5 Å². The van der Waals surface area contributed by atoms with Gasteiger partial charge in [0.05, 0.1) is 18.7 Å². The van der Waals surface area contributed by atoms with E-state index in [2.05, 4.69) is 11.1 Å². The van der Waals surface area contributed by atoms with Crippen LogP contribution in [-0.4, -0.2) is 18.0 Å². The Balaban J connectivity index is 1.96. The summed E-state index contributed by atoms with van der Waals surface area (Å²) in [4.78, 5) is 3.17. The van der Waals surface area contributed by atoms with Gasteiger partial charge >= 0.3 is 0 Å². The molecule has 1 aromatic heterocycles. The minimum atomic E-state index is -0.669. The van der Waals surface area contributed by atoms with Crippen molar-refractivity contribution in [3.05, 3.63) is 59.8 Å². The van der Waals surface area contributed by atoms with Crippen LogP contribution in [0.5, 0.6) is 11.5 Å². The van der Waals surface area contributed by atoms with Crippen molar-refractivity contribution >= 4 is 16.8 Å². The number of ether oxygens (including phenoxy) is 2. The quantitative estimate of drug-likeness (QED) is 0.754. The van der Waals surface area contributed by atoms with Crippen molar-refractivity contribution in [3.63, 3.8) is 0 Å². The zero-order valence-corrected chi connectivity index (χ0v) is 13.0. The smallest absolute Gasteiger partial charge is 0.205 e. The molecule has 2 atom stereocenters. The van der Waals surface area contributed by atoms with Gasteiger partial charge in [0.15, 0.2) is 5.75 Å². The maximum atomic E-state index is 9.61. The van der Waals surface area contributed by atoms with Crippen LogP contribution in [-0.2, 0) is 0 Å². The Hall–Kier alpha value is -3.26. The molecule has 2 heterocycles. The van der Waals surface area contributed by atoms with Gasteiger partial charge in [-0.2, -0.15) is 5.26 Å².